The highest BCUT2D eigenvalue weighted by molar-refractivity contribution is 6.30. The van der Waals surface area contributed by atoms with Gasteiger partial charge < -0.3 is 9.80 Å². The minimum Gasteiger partial charge on any atom is -0.349 e. The molecule has 5 nitrogen and oxygen atoms in total. The van der Waals surface area contributed by atoms with Gasteiger partial charge in [0.2, 0.25) is 5.28 Å². The molecule has 0 N–H and O–H groups in total. The molecule has 0 aliphatic carbocycles. The van der Waals surface area contributed by atoms with Gasteiger partial charge in [-0.15, -0.1) is 0 Å². The molecule has 4 rings (SSSR count). The molecule has 2 aromatic rings. The van der Waals surface area contributed by atoms with Crippen LogP contribution in [0.4, 0.5) is 5.82 Å². The van der Waals surface area contributed by atoms with Crippen LogP contribution in [0.2, 0.25) is 10.3 Å². The zero-order chi connectivity index (χ0) is 18.4. The van der Waals surface area contributed by atoms with Crippen LogP contribution < -0.4 is 4.90 Å². The quantitative estimate of drug-likeness (QED) is 0.724. The normalized spacial score (nSPS) is 19.6. The first-order valence-corrected chi connectivity index (χ1v) is 9.61. The largest absolute Gasteiger partial charge is 0.349 e. The van der Waals surface area contributed by atoms with Gasteiger partial charge in [-0.2, -0.15) is 0 Å². The predicted octanol–water partition coefficient (Wildman–Crippen LogP) is 4.49. The number of carbonyl (C=O) groups excluding carboxylic acids is 1. The van der Waals surface area contributed by atoms with E-state index in [1.54, 1.807) is 0 Å². The number of carbonyl (C=O) groups is 1. The van der Waals surface area contributed by atoms with Crippen molar-refractivity contribution in [2.24, 2.45) is 0 Å². The summed E-state index contributed by atoms with van der Waals surface area (Å²) in [5.41, 5.74) is 2.47. The smallest absolute Gasteiger partial charge is 0.273 e. The fraction of sp³-hybridized carbons (Fsp3) is 0.421. The average Bonchev–Trinajstić information content (AvgIpc) is 3.20. The van der Waals surface area contributed by atoms with Crippen molar-refractivity contribution in [3.8, 4) is 0 Å². The molecule has 1 amide bonds. The zero-order valence-corrected chi connectivity index (χ0v) is 16.3. The molecule has 136 valence electrons. The lowest BCUT2D eigenvalue weighted by atomic mass is 10.0. The molecule has 0 saturated carbocycles. The molecule has 3 heterocycles. The summed E-state index contributed by atoms with van der Waals surface area (Å²) in [7, 11) is 0. The third-order valence-corrected chi connectivity index (χ3v) is 5.54. The summed E-state index contributed by atoms with van der Waals surface area (Å²) in [6.45, 7) is 5.40. The fourth-order valence-electron chi connectivity index (χ4n) is 3.88. The Morgan fingerprint density at radius 2 is 2.04 bits per heavy atom. The summed E-state index contributed by atoms with van der Waals surface area (Å²) < 4.78 is 0. The lowest BCUT2D eigenvalue weighted by Crippen LogP contribution is -2.31. The minimum absolute atomic E-state index is 0.0703. The van der Waals surface area contributed by atoms with Gasteiger partial charge in [0, 0.05) is 23.2 Å². The Morgan fingerprint density at radius 1 is 1.23 bits per heavy atom. The van der Waals surface area contributed by atoms with Crippen molar-refractivity contribution >= 4 is 34.9 Å². The van der Waals surface area contributed by atoms with E-state index in [0.717, 1.165) is 41.4 Å². The van der Waals surface area contributed by atoms with Gasteiger partial charge in [0.25, 0.3) is 5.91 Å². The SMILES string of the molecule is CC(C)N1Cc2c(nc(Cl)nc2N2CCCC2c2cccc(Cl)c2)C1=O. The third-order valence-electron chi connectivity index (χ3n) is 5.13. The van der Waals surface area contributed by atoms with Crippen LogP contribution in [0.25, 0.3) is 0 Å². The Hall–Kier alpha value is -1.85. The highest BCUT2D eigenvalue weighted by atomic mass is 35.5. The van der Waals surface area contributed by atoms with Crippen LogP contribution in [0.3, 0.4) is 0 Å². The van der Waals surface area contributed by atoms with Gasteiger partial charge in [-0.1, -0.05) is 23.7 Å². The van der Waals surface area contributed by atoms with E-state index in [0.29, 0.717) is 12.2 Å². The summed E-state index contributed by atoms with van der Waals surface area (Å²) >= 11 is 12.4. The summed E-state index contributed by atoms with van der Waals surface area (Å²) in [4.78, 5) is 25.5. The Bertz CT molecular complexity index is 871. The van der Waals surface area contributed by atoms with E-state index in [9.17, 15) is 4.79 Å². The summed E-state index contributed by atoms with van der Waals surface area (Å²) in [5.74, 6) is 0.707. The molecule has 1 aromatic carbocycles. The number of amides is 1. The molecule has 2 aliphatic rings. The molecule has 1 fully saturated rings. The number of aromatic nitrogens is 2. The molecule has 2 aliphatic heterocycles. The number of halogens is 2. The summed E-state index contributed by atoms with van der Waals surface area (Å²) in [5, 5.41) is 0.843. The van der Waals surface area contributed by atoms with Crippen molar-refractivity contribution in [1.29, 1.82) is 0 Å². The summed E-state index contributed by atoms with van der Waals surface area (Å²) in [6, 6.07) is 8.21. The lowest BCUT2D eigenvalue weighted by molar-refractivity contribution is 0.0726. The van der Waals surface area contributed by atoms with Crippen molar-refractivity contribution < 1.29 is 4.79 Å². The monoisotopic (exact) mass is 390 g/mol. The summed E-state index contributed by atoms with van der Waals surface area (Å²) in [6.07, 6.45) is 2.06. The first-order chi connectivity index (χ1) is 12.5. The molecule has 0 radical (unpaired) electrons. The Morgan fingerprint density at radius 3 is 2.77 bits per heavy atom. The zero-order valence-electron chi connectivity index (χ0n) is 14.7. The van der Waals surface area contributed by atoms with Crippen molar-refractivity contribution in [2.45, 2.75) is 45.3 Å². The molecule has 26 heavy (non-hydrogen) atoms. The standard InChI is InChI=1S/C19H20Cl2N4O/c1-11(2)25-10-14-16(18(25)26)22-19(21)23-17(14)24-8-4-7-15(24)12-5-3-6-13(20)9-12/h3,5-6,9,11,15H,4,7-8,10H2,1-2H3. The van der Waals surface area contributed by atoms with Crippen LogP contribution >= 0.6 is 23.2 Å². The number of hydrogen-bond acceptors (Lipinski definition) is 4. The third kappa shape index (κ3) is 2.93. The van der Waals surface area contributed by atoms with Gasteiger partial charge in [0.15, 0.2) is 0 Å². The van der Waals surface area contributed by atoms with Gasteiger partial charge in [-0.25, -0.2) is 9.97 Å². The molecular formula is C19H20Cl2N4O. The number of nitrogens with zero attached hydrogens (tertiary/aromatic N) is 4. The topological polar surface area (TPSA) is 49.3 Å². The number of fused-ring (bicyclic) bond motifs is 1. The van der Waals surface area contributed by atoms with E-state index in [4.69, 9.17) is 23.2 Å². The second kappa shape index (κ2) is 6.71. The van der Waals surface area contributed by atoms with Crippen LogP contribution in [0.15, 0.2) is 24.3 Å². The van der Waals surface area contributed by atoms with Gasteiger partial charge in [0.05, 0.1) is 12.6 Å². The van der Waals surface area contributed by atoms with Crippen LogP contribution in [-0.2, 0) is 6.54 Å². The van der Waals surface area contributed by atoms with E-state index < -0.39 is 0 Å². The minimum atomic E-state index is -0.0703. The number of hydrogen-bond donors (Lipinski definition) is 0. The van der Waals surface area contributed by atoms with Crippen LogP contribution in [0.1, 0.15) is 54.3 Å². The molecule has 0 spiro atoms. The van der Waals surface area contributed by atoms with E-state index in [2.05, 4.69) is 20.9 Å². The number of benzene rings is 1. The molecule has 7 heteroatoms. The van der Waals surface area contributed by atoms with Crippen LogP contribution in [0, 0.1) is 0 Å². The van der Waals surface area contributed by atoms with Crippen molar-refractivity contribution in [1.82, 2.24) is 14.9 Å². The van der Waals surface area contributed by atoms with E-state index >= 15 is 0 Å². The number of rotatable bonds is 3. The van der Waals surface area contributed by atoms with E-state index in [1.165, 1.54) is 0 Å². The predicted molar refractivity (Wildman–Crippen MR) is 103 cm³/mol. The second-order valence-corrected chi connectivity index (χ2v) is 7.85. The second-order valence-electron chi connectivity index (χ2n) is 7.08. The van der Waals surface area contributed by atoms with Gasteiger partial charge in [0.1, 0.15) is 11.5 Å². The molecule has 1 unspecified atom stereocenters. The van der Waals surface area contributed by atoms with Crippen LogP contribution in [0.5, 0.6) is 0 Å². The Kier molecular flexibility index (Phi) is 4.53. The molecule has 0 bridgehead atoms. The molecule has 1 saturated heterocycles. The van der Waals surface area contributed by atoms with Gasteiger partial charge in [-0.3, -0.25) is 4.79 Å². The highest BCUT2D eigenvalue weighted by Crippen LogP contribution is 2.40. The molecule has 1 atom stereocenters. The maximum Gasteiger partial charge on any atom is 0.273 e. The molecule has 1 aromatic heterocycles. The average molecular weight is 391 g/mol. The highest BCUT2D eigenvalue weighted by Gasteiger charge is 2.37. The maximum atomic E-state index is 12.7. The van der Waals surface area contributed by atoms with Gasteiger partial charge in [-0.05, 0) is 56.0 Å². The Labute approximate surface area is 162 Å². The van der Waals surface area contributed by atoms with E-state index in [1.807, 2.05) is 36.9 Å². The van der Waals surface area contributed by atoms with Gasteiger partial charge >= 0.3 is 0 Å². The number of anilines is 1. The first-order valence-electron chi connectivity index (χ1n) is 8.85. The Balaban J connectivity index is 1.77. The van der Waals surface area contributed by atoms with Crippen LogP contribution in [-0.4, -0.2) is 33.4 Å². The van der Waals surface area contributed by atoms with Crippen molar-refractivity contribution in [2.75, 3.05) is 11.4 Å². The van der Waals surface area contributed by atoms with Crippen molar-refractivity contribution in [3.05, 3.63) is 51.4 Å². The lowest BCUT2D eigenvalue weighted by Gasteiger charge is -2.28. The maximum absolute atomic E-state index is 12.7. The molecular weight excluding hydrogens is 371 g/mol. The fourth-order valence-corrected chi connectivity index (χ4v) is 4.24. The van der Waals surface area contributed by atoms with Crippen molar-refractivity contribution in [3.63, 3.8) is 0 Å². The van der Waals surface area contributed by atoms with E-state index in [-0.39, 0.29) is 23.3 Å². The first kappa shape index (κ1) is 17.6.